The fraction of sp³-hybridized carbons (Fsp3) is 0.529. The van der Waals surface area contributed by atoms with Crippen LogP contribution in [0.25, 0.3) is 6.08 Å². The molecule has 0 bridgehead atoms. The molecular formula is C17H25BN2O4. The molecule has 7 heteroatoms. The summed E-state index contributed by atoms with van der Waals surface area (Å²) >= 11 is 0. The van der Waals surface area contributed by atoms with E-state index < -0.39 is 18.3 Å². The molecule has 24 heavy (non-hydrogen) atoms. The van der Waals surface area contributed by atoms with Crippen LogP contribution in [-0.2, 0) is 20.7 Å². The van der Waals surface area contributed by atoms with Crippen LogP contribution in [0.5, 0.6) is 0 Å². The van der Waals surface area contributed by atoms with E-state index in [1.165, 1.54) is 6.92 Å². The Kier molecular flexibility index (Phi) is 5.47. The van der Waals surface area contributed by atoms with Gasteiger partial charge in [0.05, 0.1) is 23.5 Å². The average Bonchev–Trinajstić information content (AvgIpc) is 2.72. The number of amides is 1. The van der Waals surface area contributed by atoms with Crippen LogP contribution in [0.2, 0.25) is 0 Å². The Labute approximate surface area is 143 Å². The van der Waals surface area contributed by atoms with Gasteiger partial charge in [0.2, 0.25) is 5.91 Å². The van der Waals surface area contributed by atoms with Gasteiger partial charge in [-0.1, -0.05) is 6.07 Å². The molecular weight excluding hydrogens is 307 g/mol. The third-order valence-corrected chi connectivity index (χ3v) is 4.46. The normalized spacial score (nSPS) is 19.4. The summed E-state index contributed by atoms with van der Waals surface area (Å²) in [5, 5.41) is 11.9. The van der Waals surface area contributed by atoms with Crippen molar-refractivity contribution in [2.24, 2.45) is 0 Å². The second-order valence-electron chi connectivity index (χ2n) is 6.97. The van der Waals surface area contributed by atoms with Gasteiger partial charge in [-0.3, -0.25) is 9.78 Å². The molecule has 0 spiro atoms. The van der Waals surface area contributed by atoms with Crippen LogP contribution < -0.4 is 5.32 Å². The molecule has 1 saturated heterocycles. The Balaban J connectivity index is 2.27. The maximum absolute atomic E-state index is 11.3. The van der Waals surface area contributed by atoms with Gasteiger partial charge in [-0.25, -0.2) is 0 Å². The Hall–Kier alpha value is -1.70. The van der Waals surface area contributed by atoms with E-state index in [0.29, 0.717) is 12.2 Å². The zero-order valence-electron chi connectivity index (χ0n) is 14.9. The lowest BCUT2D eigenvalue weighted by Gasteiger charge is -2.32. The van der Waals surface area contributed by atoms with Gasteiger partial charge in [-0.15, -0.1) is 0 Å². The van der Waals surface area contributed by atoms with Gasteiger partial charge in [0, 0.05) is 19.7 Å². The summed E-state index contributed by atoms with van der Waals surface area (Å²) in [5.41, 5.74) is 1.32. The first-order valence-electron chi connectivity index (χ1n) is 8.01. The van der Waals surface area contributed by atoms with Crippen molar-refractivity contribution in [2.75, 3.05) is 6.54 Å². The molecule has 1 fully saturated rings. The number of rotatable bonds is 5. The van der Waals surface area contributed by atoms with E-state index >= 15 is 0 Å². The monoisotopic (exact) mass is 332 g/mol. The number of carbonyl (C=O) groups excluding carboxylic acids is 1. The van der Waals surface area contributed by atoms with Crippen molar-refractivity contribution < 1.29 is 19.2 Å². The van der Waals surface area contributed by atoms with Gasteiger partial charge >= 0.3 is 7.12 Å². The van der Waals surface area contributed by atoms with Crippen LogP contribution in [0.1, 0.15) is 45.9 Å². The summed E-state index contributed by atoms with van der Waals surface area (Å²) in [4.78, 5) is 15.6. The molecule has 1 amide bonds. The van der Waals surface area contributed by atoms with Gasteiger partial charge in [-0.2, -0.15) is 0 Å². The molecule has 0 unspecified atom stereocenters. The second-order valence-corrected chi connectivity index (χ2v) is 6.97. The molecule has 2 rings (SSSR count). The Bertz CT molecular complexity index is 610. The first-order valence-corrected chi connectivity index (χ1v) is 8.01. The molecule has 0 aromatic carbocycles. The van der Waals surface area contributed by atoms with Gasteiger partial charge in [0.1, 0.15) is 0 Å². The minimum atomic E-state index is -0.554. The van der Waals surface area contributed by atoms with Crippen LogP contribution in [-0.4, -0.2) is 40.9 Å². The Morgan fingerprint density at radius 1 is 1.29 bits per heavy atom. The number of aliphatic hydroxyl groups is 1. The molecule has 1 aromatic rings. The molecule has 1 aromatic heterocycles. The number of aliphatic hydroxyl groups excluding tert-OH is 1. The molecule has 0 atom stereocenters. The minimum Gasteiger partial charge on any atom is -0.400 e. The van der Waals surface area contributed by atoms with E-state index in [2.05, 4.69) is 10.3 Å². The zero-order valence-corrected chi connectivity index (χ0v) is 14.9. The van der Waals surface area contributed by atoms with Gasteiger partial charge in [0.15, 0.2) is 0 Å². The second kappa shape index (κ2) is 7.05. The molecule has 0 aliphatic carbocycles. The SMILES string of the molecule is CC(=O)NCC(=Cc1ccc(CO)cn1)B1OC(C)(C)C(C)(C)O1. The number of nitrogens with zero attached hydrogens (tertiary/aromatic N) is 1. The largest absolute Gasteiger partial charge is 0.492 e. The molecule has 1 aliphatic heterocycles. The highest BCUT2D eigenvalue weighted by molar-refractivity contribution is 6.56. The summed E-state index contributed by atoms with van der Waals surface area (Å²) in [6.45, 7) is 9.67. The zero-order chi connectivity index (χ0) is 18.0. The van der Waals surface area contributed by atoms with E-state index in [9.17, 15) is 4.79 Å². The van der Waals surface area contributed by atoms with Crippen LogP contribution in [0.15, 0.2) is 23.8 Å². The van der Waals surface area contributed by atoms with Crippen molar-refractivity contribution in [1.82, 2.24) is 10.3 Å². The predicted octanol–water partition coefficient (Wildman–Crippen LogP) is 1.72. The third-order valence-electron chi connectivity index (χ3n) is 4.46. The number of nitrogens with one attached hydrogen (secondary N) is 1. The number of carbonyl (C=O) groups is 1. The van der Waals surface area contributed by atoms with Crippen molar-refractivity contribution in [3.63, 3.8) is 0 Å². The van der Waals surface area contributed by atoms with Crippen molar-refractivity contribution in [1.29, 1.82) is 0 Å². The lowest BCUT2D eigenvalue weighted by molar-refractivity contribution is -0.118. The van der Waals surface area contributed by atoms with Crippen molar-refractivity contribution in [3.8, 4) is 0 Å². The first-order chi connectivity index (χ1) is 11.1. The van der Waals surface area contributed by atoms with Gasteiger partial charge in [-0.05, 0) is 50.9 Å². The van der Waals surface area contributed by atoms with Crippen molar-refractivity contribution in [2.45, 2.75) is 52.4 Å². The highest BCUT2D eigenvalue weighted by Crippen LogP contribution is 2.38. The molecule has 130 valence electrons. The van der Waals surface area contributed by atoms with Crippen LogP contribution in [0, 0.1) is 0 Å². The summed E-state index contributed by atoms with van der Waals surface area (Å²) in [6.07, 6.45) is 3.46. The highest BCUT2D eigenvalue weighted by atomic mass is 16.7. The molecule has 0 saturated carbocycles. The number of hydrogen-bond acceptors (Lipinski definition) is 5. The van der Waals surface area contributed by atoms with E-state index in [-0.39, 0.29) is 12.5 Å². The quantitative estimate of drug-likeness (QED) is 0.803. The maximum Gasteiger partial charge on any atom is 0.492 e. The topological polar surface area (TPSA) is 80.7 Å². The smallest absolute Gasteiger partial charge is 0.400 e. The van der Waals surface area contributed by atoms with Crippen molar-refractivity contribution >= 4 is 19.1 Å². The van der Waals surface area contributed by atoms with Crippen molar-refractivity contribution in [3.05, 3.63) is 35.1 Å². The molecule has 1 aliphatic rings. The fourth-order valence-electron chi connectivity index (χ4n) is 2.23. The van der Waals surface area contributed by atoms with E-state index in [4.69, 9.17) is 14.4 Å². The van der Waals surface area contributed by atoms with Crippen LogP contribution in [0.3, 0.4) is 0 Å². The lowest BCUT2D eigenvalue weighted by Crippen LogP contribution is -2.41. The standard InChI is InChI=1S/C17H25BN2O4/c1-12(22)19-10-14(8-15-7-6-13(11-21)9-20-15)18-23-16(2,3)17(4,5)24-18/h6-9,21H,10-11H2,1-5H3,(H,19,22). The number of hydrogen-bond donors (Lipinski definition) is 2. The van der Waals surface area contributed by atoms with E-state index in [1.54, 1.807) is 12.3 Å². The summed E-state index contributed by atoms with van der Waals surface area (Å²) < 4.78 is 12.1. The number of pyridine rings is 1. The van der Waals surface area contributed by atoms with E-state index in [0.717, 1.165) is 11.0 Å². The minimum absolute atomic E-state index is 0.0486. The fourth-order valence-corrected chi connectivity index (χ4v) is 2.23. The summed E-state index contributed by atoms with van der Waals surface area (Å²) in [6, 6.07) is 3.61. The van der Waals surface area contributed by atoms with Gasteiger partial charge < -0.3 is 19.7 Å². The predicted molar refractivity (Wildman–Crippen MR) is 92.9 cm³/mol. The Morgan fingerprint density at radius 3 is 2.38 bits per heavy atom. The molecule has 0 radical (unpaired) electrons. The van der Waals surface area contributed by atoms with E-state index in [1.807, 2.05) is 39.8 Å². The molecule has 6 nitrogen and oxygen atoms in total. The summed E-state index contributed by atoms with van der Waals surface area (Å²) in [7, 11) is -0.554. The average molecular weight is 332 g/mol. The first kappa shape index (κ1) is 18.6. The molecule has 2 N–H and O–H groups in total. The third kappa shape index (κ3) is 4.23. The van der Waals surface area contributed by atoms with Crippen LogP contribution >= 0.6 is 0 Å². The Morgan fingerprint density at radius 2 is 1.92 bits per heavy atom. The maximum atomic E-state index is 11.3. The lowest BCUT2D eigenvalue weighted by atomic mass is 9.77. The van der Waals surface area contributed by atoms with Crippen LogP contribution in [0.4, 0.5) is 0 Å². The summed E-state index contributed by atoms with van der Waals surface area (Å²) in [5.74, 6) is -0.124. The highest BCUT2D eigenvalue weighted by Gasteiger charge is 2.52. The number of aromatic nitrogens is 1. The molecule has 2 heterocycles. The van der Waals surface area contributed by atoms with Gasteiger partial charge in [0.25, 0.3) is 0 Å².